The van der Waals surface area contributed by atoms with E-state index in [9.17, 15) is 0 Å². The summed E-state index contributed by atoms with van der Waals surface area (Å²) in [5.74, 6) is 0.872. The van der Waals surface area contributed by atoms with E-state index in [4.69, 9.17) is 0 Å². The number of nitrogens with one attached hydrogen (secondary N) is 1. The van der Waals surface area contributed by atoms with Gasteiger partial charge in [-0.05, 0) is 50.3 Å². The number of halogens is 1. The molecule has 2 atom stereocenters. The summed E-state index contributed by atoms with van der Waals surface area (Å²) in [4.78, 5) is 0. The van der Waals surface area contributed by atoms with E-state index in [0.717, 1.165) is 10.4 Å². The highest BCUT2D eigenvalue weighted by Gasteiger charge is 2.21. The van der Waals surface area contributed by atoms with E-state index in [0.29, 0.717) is 12.1 Å². The van der Waals surface area contributed by atoms with Gasteiger partial charge in [-0.2, -0.15) is 0 Å². The predicted octanol–water partition coefficient (Wildman–Crippen LogP) is 5.07. The first-order valence-corrected chi connectivity index (χ1v) is 7.97. The molecule has 0 bridgehead atoms. The Morgan fingerprint density at radius 2 is 1.67 bits per heavy atom. The Labute approximate surface area is 119 Å². The Hall–Kier alpha value is -0.340. The zero-order chi connectivity index (χ0) is 13.0. The first-order chi connectivity index (χ1) is 8.66. The summed E-state index contributed by atoms with van der Waals surface area (Å²) in [5.41, 5.74) is 1.38. The van der Waals surface area contributed by atoms with Gasteiger partial charge in [0.15, 0.2) is 0 Å². The van der Waals surface area contributed by atoms with E-state index in [-0.39, 0.29) is 0 Å². The van der Waals surface area contributed by atoms with Gasteiger partial charge in [0.25, 0.3) is 0 Å². The minimum Gasteiger partial charge on any atom is -0.307 e. The summed E-state index contributed by atoms with van der Waals surface area (Å²) in [7, 11) is 0. The summed E-state index contributed by atoms with van der Waals surface area (Å²) in [5, 5.41) is 3.77. The van der Waals surface area contributed by atoms with Crippen molar-refractivity contribution in [2.24, 2.45) is 5.92 Å². The molecule has 0 aromatic heterocycles. The van der Waals surface area contributed by atoms with Crippen LogP contribution in [0.2, 0.25) is 0 Å². The van der Waals surface area contributed by atoms with Crippen LogP contribution in [0.15, 0.2) is 28.7 Å². The van der Waals surface area contributed by atoms with E-state index in [2.05, 4.69) is 59.4 Å². The molecule has 0 radical (unpaired) electrons. The molecule has 2 heteroatoms. The first-order valence-electron chi connectivity index (χ1n) is 7.18. The van der Waals surface area contributed by atoms with Crippen LogP contribution >= 0.6 is 15.9 Å². The Morgan fingerprint density at radius 3 is 2.28 bits per heavy atom. The van der Waals surface area contributed by atoms with Crippen LogP contribution in [0.3, 0.4) is 0 Å². The van der Waals surface area contributed by atoms with Crippen molar-refractivity contribution >= 4 is 15.9 Å². The maximum absolute atomic E-state index is 3.77. The third kappa shape index (κ3) is 3.83. The van der Waals surface area contributed by atoms with Crippen molar-refractivity contribution in [1.82, 2.24) is 5.32 Å². The molecule has 0 aliphatic heterocycles. The highest BCUT2D eigenvalue weighted by molar-refractivity contribution is 9.10. The third-order valence-electron chi connectivity index (χ3n) is 4.24. The van der Waals surface area contributed by atoms with Crippen LogP contribution < -0.4 is 5.32 Å². The normalized spacial score (nSPS) is 20.6. The predicted molar refractivity (Wildman–Crippen MR) is 81.7 cm³/mol. The van der Waals surface area contributed by atoms with Crippen molar-refractivity contribution in [2.75, 3.05) is 0 Å². The molecule has 1 aromatic rings. The van der Waals surface area contributed by atoms with Crippen molar-refractivity contribution < 1.29 is 0 Å². The van der Waals surface area contributed by atoms with Gasteiger partial charge >= 0.3 is 0 Å². The van der Waals surface area contributed by atoms with Crippen LogP contribution in [0.5, 0.6) is 0 Å². The maximum Gasteiger partial charge on any atom is 0.0294 e. The van der Waals surface area contributed by atoms with Crippen LogP contribution in [0.25, 0.3) is 0 Å². The molecular formula is C16H24BrN. The molecule has 2 rings (SSSR count). The minimum atomic E-state index is 0.440. The lowest BCUT2D eigenvalue weighted by molar-refractivity contribution is 0.268. The molecule has 0 saturated heterocycles. The molecule has 1 N–H and O–H groups in total. The lowest BCUT2D eigenvalue weighted by Gasteiger charge is -2.30. The zero-order valence-electron chi connectivity index (χ0n) is 11.5. The quantitative estimate of drug-likeness (QED) is 0.819. The number of hydrogen-bond donors (Lipinski definition) is 1. The van der Waals surface area contributed by atoms with Gasteiger partial charge in [0.1, 0.15) is 0 Å². The molecule has 0 spiro atoms. The van der Waals surface area contributed by atoms with Crippen LogP contribution in [-0.2, 0) is 0 Å². The molecule has 1 saturated carbocycles. The van der Waals surface area contributed by atoms with Gasteiger partial charge in [-0.25, -0.2) is 0 Å². The van der Waals surface area contributed by atoms with Crippen molar-refractivity contribution in [2.45, 2.75) is 58.0 Å². The average Bonchev–Trinajstić information content (AvgIpc) is 2.40. The lowest BCUT2D eigenvalue weighted by Crippen LogP contribution is -2.36. The SMILES string of the molecule is CC(N[C@@H](C)c1ccc(Br)cc1)C1CCCCC1. The monoisotopic (exact) mass is 309 g/mol. The standard InChI is InChI=1S/C16H24BrN/c1-12(14-6-4-3-5-7-14)18-13(2)15-8-10-16(17)11-9-15/h8-14,18H,3-7H2,1-2H3/t12?,13-/m0/s1. The van der Waals surface area contributed by atoms with Gasteiger partial charge in [-0.1, -0.05) is 47.3 Å². The third-order valence-corrected chi connectivity index (χ3v) is 4.77. The fourth-order valence-corrected chi connectivity index (χ4v) is 3.28. The summed E-state index contributed by atoms with van der Waals surface area (Å²) < 4.78 is 1.15. The van der Waals surface area contributed by atoms with Gasteiger partial charge < -0.3 is 5.32 Å². The summed E-state index contributed by atoms with van der Waals surface area (Å²) in [6, 6.07) is 9.72. The smallest absolute Gasteiger partial charge is 0.0294 e. The fourth-order valence-electron chi connectivity index (χ4n) is 3.01. The zero-order valence-corrected chi connectivity index (χ0v) is 13.0. The second-order valence-corrected chi connectivity index (χ2v) is 6.54. The Kier molecular flexibility index (Phi) is 5.25. The van der Waals surface area contributed by atoms with E-state index in [1.807, 2.05) is 0 Å². The molecular weight excluding hydrogens is 286 g/mol. The highest BCUT2D eigenvalue weighted by Crippen LogP contribution is 2.27. The van der Waals surface area contributed by atoms with Crippen molar-refractivity contribution in [1.29, 1.82) is 0 Å². The fraction of sp³-hybridized carbons (Fsp3) is 0.625. The van der Waals surface area contributed by atoms with Crippen LogP contribution in [0, 0.1) is 5.92 Å². The largest absolute Gasteiger partial charge is 0.307 e. The van der Waals surface area contributed by atoms with Crippen LogP contribution in [0.1, 0.15) is 57.6 Å². The Balaban J connectivity index is 1.89. The summed E-state index contributed by atoms with van der Waals surface area (Å²) in [6.07, 6.45) is 7.08. The van der Waals surface area contributed by atoms with Crippen molar-refractivity contribution in [3.05, 3.63) is 34.3 Å². The summed E-state index contributed by atoms with van der Waals surface area (Å²) in [6.45, 7) is 4.62. The van der Waals surface area contributed by atoms with Gasteiger partial charge in [-0.15, -0.1) is 0 Å². The number of hydrogen-bond acceptors (Lipinski definition) is 1. The molecule has 1 aromatic carbocycles. The first kappa shape index (κ1) is 14.1. The van der Waals surface area contributed by atoms with E-state index >= 15 is 0 Å². The molecule has 1 unspecified atom stereocenters. The highest BCUT2D eigenvalue weighted by atomic mass is 79.9. The second kappa shape index (κ2) is 6.72. The molecule has 1 aliphatic rings. The van der Waals surface area contributed by atoms with Gasteiger partial charge in [0, 0.05) is 16.6 Å². The van der Waals surface area contributed by atoms with E-state index < -0.39 is 0 Å². The topological polar surface area (TPSA) is 12.0 Å². The molecule has 0 heterocycles. The molecule has 1 aliphatic carbocycles. The second-order valence-electron chi connectivity index (χ2n) is 5.63. The Morgan fingerprint density at radius 1 is 1.06 bits per heavy atom. The molecule has 18 heavy (non-hydrogen) atoms. The van der Waals surface area contributed by atoms with Gasteiger partial charge in [0.2, 0.25) is 0 Å². The number of benzene rings is 1. The van der Waals surface area contributed by atoms with Crippen molar-refractivity contribution in [3.8, 4) is 0 Å². The van der Waals surface area contributed by atoms with E-state index in [1.54, 1.807) is 0 Å². The maximum atomic E-state index is 3.77. The summed E-state index contributed by atoms with van der Waals surface area (Å²) >= 11 is 3.49. The van der Waals surface area contributed by atoms with Crippen LogP contribution in [-0.4, -0.2) is 6.04 Å². The van der Waals surface area contributed by atoms with Crippen molar-refractivity contribution in [3.63, 3.8) is 0 Å². The Bertz CT molecular complexity index is 354. The van der Waals surface area contributed by atoms with Gasteiger partial charge in [-0.3, -0.25) is 0 Å². The van der Waals surface area contributed by atoms with Crippen LogP contribution in [0.4, 0.5) is 0 Å². The minimum absolute atomic E-state index is 0.440. The van der Waals surface area contributed by atoms with E-state index in [1.165, 1.54) is 37.7 Å². The number of rotatable bonds is 4. The molecule has 1 fully saturated rings. The lowest BCUT2D eigenvalue weighted by atomic mass is 9.84. The van der Waals surface area contributed by atoms with Gasteiger partial charge in [0.05, 0.1) is 0 Å². The molecule has 0 amide bonds. The molecule has 1 nitrogen and oxygen atoms in total. The average molecular weight is 310 g/mol. The molecule has 100 valence electrons.